The first-order valence-electron chi connectivity index (χ1n) is 16.7. The van der Waals surface area contributed by atoms with Gasteiger partial charge in [0.2, 0.25) is 0 Å². The molecule has 0 spiro atoms. The van der Waals surface area contributed by atoms with Gasteiger partial charge in [-0.3, -0.25) is 19.8 Å². The predicted molar refractivity (Wildman–Crippen MR) is 197 cm³/mol. The van der Waals surface area contributed by atoms with Gasteiger partial charge in [-0.15, -0.1) is 0 Å². The van der Waals surface area contributed by atoms with Gasteiger partial charge in [0.25, 0.3) is 11.1 Å². The molecule has 0 saturated carbocycles. The molecule has 6 aromatic rings. The van der Waals surface area contributed by atoms with Crippen molar-refractivity contribution in [1.82, 2.24) is 39.1 Å². The number of hydrogen-bond acceptors (Lipinski definition) is 8. The maximum atomic E-state index is 13.0. The fourth-order valence-corrected chi connectivity index (χ4v) is 5.42. The van der Waals surface area contributed by atoms with E-state index < -0.39 is 23.4 Å². The van der Waals surface area contributed by atoms with E-state index in [-0.39, 0.29) is 11.1 Å². The highest BCUT2D eigenvalue weighted by Gasteiger charge is 2.26. The van der Waals surface area contributed by atoms with Gasteiger partial charge in [-0.25, -0.2) is 19.0 Å². The molecule has 0 aliphatic heterocycles. The summed E-state index contributed by atoms with van der Waals surface area (Å²) in [5.41, 5.74) is 3.88. The highest BCUT2D eigenvalue weighted by molar-refractivity contribution is 5.78. The standard InChI is InChI=1S/2C19H22N4O3/c1-12-11-15(21-22(12)18(25)26-19(3,4)5)16-13(2)20-23(17(16)24)14-9-7-6-8-10-14;1-12-11-15(23(20-12)18(25)26-19(3,4)5)16-13(2)21-22(17(16)24)14-9-7-6-8-10-14/h6-11,20H,1-5H3;6-11,21H,1-5H3. The van der Waals surface area contributed by atoms with Crippen LogP contribution in [-0.2, 0) is 9.47 Å². The van der Waals surface area contributed by atoms with Crippen LogP contribution in [-0.4, -0.2) is 62.5 Å². The Hall–Kier alpha value is -6.18. The number of nitrogens with zero attached hydrogens (tertiary/aromatic N) is 6. The minimum atomic E-state index is -0.661. The first-order valence-corrected chi connectivity index (χ1v) is 16.7. The Balaban J connectivity index is 0.000000201. The summed E-state index contributed by atoms with van der Waals surface area (Å²) in [4.78, 5) is 50.7. The molecule has 0 aliphatic carbocycles. The van der Waals surface area contributed by atoms with Crippen molar-refractivity contribution in [2.45, 2.75) is 80.4 Å². The molecule has 0 amide bonds. The lowest BCUT2D eigenvalue weighted by Gasteiger charge is -2.19. The second-order valence-corrected chi connectivity index (χ2v) is 14.3. The van der Waals surface area contributed by atoms with Gasteiger partial charge < -0.3 is 9.47 Å². The molecule has 0 fully saturated rings. The number of aryl methyl sites for hydroxylation is 4. The first kappa shape index (κ1) is 37.1. The molecule has 4 heterocycles. The van der Waals surface area contributed by atoms with Gasteiger partial charge in [0.1, 0.15) is 16.9 Å². The summed E-state index contributed by atoms with van der Waals surface area (Å²) in [5, 5.41) is 14.6. The van der Waals surface area contributed by atoms with Crippen LogP contribution in [0.2, 0.25) is 0 Å². The number of aromatic nitrogens is 8. The zero-order chi connectivity index (χ0) is 38.1. The summed E-state index contributed by atoms with van der Waals surface area (Å²) in [6, 6.07) is 21.9. The fraction of sp³-hybridized carbons (Fsp3) is 0.316. The van der Waals surface area contributed by atoms with Crippen LogP contribution >= 0.6 is 0 Å². The van der Waals surface area contributed by atoms with E-state index in [0.29, 0.717) is 51.0 Å². The van der Waals surface area contributed by atoms with Gasteiger partial charge in [0.15, 0.2) is 0 Å². The smallest absolute Gasteiger partial charge is 0.435 e. The quantitative estimate of drug-likeness (QED) is 0.201. The molecule has 0 bridgehead atoms. The molecule has 0 atom stereocenters. The number of aromatic amines is 2. The number of hydrogen-bond donors (Lipinski definition) is 2. The SMILES string of the molecule is Cc1[nH]n(-c2ccccc2)c(=O)c1-c1cc(C)n(C(=O)OC(C)(C)C)n1.Cc1cc(-c2c(C)[nH]n(-c3ccccc3)c2=O)n(C(=O)OC(C)(C)C)n1. The molecular weight excluding hydrogens is 664 g/mol. The second-order valence-electron chi connectivity index (χ2n) is 14.3. The highest BCUT2D eigenvalue weighted by Crippen LogP contribution is 2.23. The molecule has 0 aliphatic rings. The van der Waals surface area contributed by atoms with Crippen LogP contribution in [0.4, 0.5) is 9.59 Å². The van der Waals surface area contributed by atoms with Crippen LogP contribution in [0.3, 0.4) is 0 Å². The highest BCUT2D eigenvalue weighted by atomic mass is 16.6. The average molecular weight is 709 g/mol. The van der Waals surface area contributed by atoms with Crippen molar-refractivity contribution in [3.05, 3.63) is 116 Å². The molecule has 4 aromatic heterocycles. The number of carbonyl (C=O) groups excluding carboxylic acids is 2. The number of nitrogens with one attached hydrogen (secondary N) is 2. The van der Waals surface area contributed by atoms with Crippen molar-refractivity contribution >= 4 is 12.2 Å². The predicted octanol–water partition coefficient (Wildman–Crippen LogP) is 6.86. The van der Waals surface area contributed by atoms with Crippen LogP contribution in [0.15, 0.2) is 82.4 Å². The molecule has 0 saturated heterocycles. The van der Waals surface area contributed by atoms with Crippen LogP contribution < -0.4 is 11.1 Å². The van der Waals surface area contributed by atoms with Crippen LogP contribution in [0.1, 0.15) is 64.3 Å². The van der Waals surface area contributed by atoms with Crippen LogP contribution in [0, 0.1) is 27.7 Å². The van der Waals surface area contributed by atoms with Crippen molar-refractivity contribution in [3.8, 4) is 33.9 Å². The van der Waals surface area contributed by atoms with Crippen molar-refractivity contribution in [1.29, 1.82) is 0 Å². The maximum absolute atomic E-state index is 13.0. The molecule has 2 N–H and O–H groups in total. The van der Waals surface area contributed by atoms with E-state index in [1.165, 1.54) is 14.0 Å². The number of carbonyl (C=O) groups is 2. The third-order valence-corrected chi connectivity index (χ3v) is 7.54. The van der Waals surface area contributed by atoms with E-state index in [9.17, 15) is 19.2 Å². The monoisotopic (exact) mass is 708 g/mol. The summed E-state index contributed by atoms with van der Waals surface area (Å²) in [5.74, 6) is 0. The number of benzene rings is 2. The molecule has 6 rings (SSSR count). The van der Waals surface area contributed by atoms with Crippen LogP contribution in [0.25, 0.3) is 33.9 Å². The van der Waals surface area contributed by atoms with Crippen molar-refractivity contribution < 1.29 is 19.1 Å². The summed E-state index contributed by atoms with van der Waals surface area (Å²) in [6.07, 6.45) is -1.19. The minimum Gasteiger partial charge on any atom is -0.442 e. The molecule has 0 unspecified atom stereocenters. The molecule has 14 nitrogen and oxygen atoms in total. The number of H-pyrrole nitrogens is 2. The lowest BCUT2D eigenvalue weighted by atomic mass is 10.2. The number of ether oxygens (including phenoxy) is 2. The van der Waals surface area contributed by atoms with Gasteiger partial charge in [-0.2, -0.15) is 19.6 Å². The number of rotatable bonds is 4. The number of para-hydroxylation sites is 2. The maximum Gasteiger partial charge on any atom is 0.435 e. The topological polar surface area (TPSA) is 164 Å². The Morgan fingerprint density at radius 2 is 1.06 bits per heavy atom. The average Bonchev–Trinajstić information content (AvgIpc) is 3.79. The fourth-order valence-electron chi connectivity index (χ4n) is 5.42. The van der Waals surface area contributed by atoms with Gasteiger partial charge in [-0.05, 0) is 106 Å². The summed E-state index contributed by atoms with van der Waals surface area (Å²) in [7, 11) is 0. The lowest BCUT2D eigenvalue weighted by molar-refractivity contribution is 0.0503. The normalized spacial score (nSPS) is 11.6. The molecule has 2 aromatic carbocycles. The summed E-state index contributed by atoms with van der Waals surface area (Å²) >= 11 is 0. The van der Waals surface area contributed by atoms with E-state index in [1.807, 2.05) is 60.7 Å². The Morgan fingerprint density at radius 3 is 1.54 bits per heavy atom. The van der Waals surface area contributed by atoms with E-state index in [4.69, 9.17) is 9.47 Å². The van der Waals surface area contributed by atoms with Crippen LogP contribution in [0.5, 0.6) is 0 Å². The molecule has 14 heteroatoms. The third kappa shape index (κ3) is 8.06. The van der Waals surface area contributed by atoms with Gasteiger partial charge in [0, 0.05) is 17.1 Å². The van der Waals surface area contributed by atoms with E-state index in [2.05, 4.69) is 20.4 Å². The molecule has 272 valence electrons. The van der Waals surface area contributed by atoms with Crippen molar-refractivity contribution in [3.63, 3.8) is 0 Å². The van der Waals surface area contributed by atoms with Gasteiger partial charge in [0.05, 0.1) is 33.9 Å². The minimum absolute atomic E-state index is 0.220. The Labute approximate surface area is 300 Å². The Kier molecular flexibility index (Phi) is 10.1. The second kappa shape index (κ2) is 14.2. The van der Waals surface area contributed by atoms with Crippen molar-refractivity contribution in [2.75, 3.05) is 0 Å². The van der Waals surface area contributed by atoms with Crippen molar-refractivity contribution in [2.24, 2.45) is 0 Å². The Morgan fingerprint density at radius 1 is 0.615 bits per heavy atom. The van der Waals surface area contributed by atoms with Gasteiger partial charge in [-0.1, -0.05) is 36.4 Å². The zero-order valence-electron chi connectivity index (χ0n) is 31.1. The third-order valence-electron chi connectivity index (χ3n) is 7.54. The molecular formula is C38H44N8O6. The first-order chi connectivity index (χ1) is 24.3. The van der Waals surface area contributed by atoms with E-state index in [0.717, 1.165) is 10.4 Å². The zero-order valence-corrected chi connectivity index (χ0v) is 31.1. The van der Waals surface area contributed by atoms with E-state index in [1.54, 1.807) is 81.4 Å². The molecule has 0 radical (unpaired) electrons. The summed E-state index contributed by atoms with van der Waals surface area (Å²) < 4.78 is 16.0. The lowest BCUT2D eigenvalue weighted by Crippen LogP contribution is -2.28. The van der Waals surface area contributed by atoms with E-state index >= 15 is 0 Å². The molecule has 52 heavy (non-hydrogen) atoms. The summed E-state index contributed by atoms with van der Waals surface area (Å²) in [6.45, 7) is 17.8. The Bertz CT molecular complexity index is 2340. The van der Waals surface area contributed by atoms with Gasteiger partial charge >= 0.3 is 12.2 Å². The largest absolute Gasteiger partial charge is 0.442 e.